The molecular weight excluding hydrogens is 588 g/mol. The summed E-state index contributed by atoms with van der Waals surface area (Å²) in [5, 5.41) is 5.74. The Hall–Kier alpha value is -5.22. The molecule has 1 heterocycles. The lowest BCUT2D eigenvalue weighted by Crippen LogP contribution is -2.42. The van der Waals surface area contributed by atoms with Crippen LogP contribution in [0.25, 0.3) is 11.1 Å². The summed E-state index contributed by atoms with van der Waals surface area (Å²) in [7, 11) is 0. The maximum atomic E-state index is 12.8. The zero-order chi connectivity index (χ0) is 33.2. The number of hydrogen-bond acceptors (Lipinski definition) is 7. The average molecular weight is 631 g/mol. The van der Waals surface area contributed by atoms with E-state index in [2.05, 4.69) is 33.6 Å². The molecule has 0 bridgehead atoms. The summed E-state index contributed by atoms with van der Waals surface area (Å²) in [6, 6.07) is 29.3. The van der Waals surface area contributed by atoms with Gasteiger partial charge in [0, 0.05) is 50.4 Å². The van der Waals surface area contributed by atoms with E-state index in [9.17, 15) is 9.59 Å². The van der Waals surface area contributed by atoms with Crippen LogP contribution in [-0.2, 0) is 4.74 Å². The number of nitrogens with one attached hydrogen (secondary N) is 2. The molecule has 0 radical (unpaired) electrons. The maximum Gasteiger partial charge on any atom is 0.255 e. The van der Waals surface area contributed by atoms with Gasteiger partial charge in [-0.25, -0.2) is 0 Å². The van der Waals surface area contributed by atoms with Gasteiger partial charge in [-0.15, -0.1) is 0 Å². The zero-order valence-corrected chi connectivity index (χ0v) is 26.6. The van der Waals surface area contributed by atoms with E-state index in [4.69, 9.17) is 16.2 Å². The Morgan fingerprint density at radius 1 is 0.660 bits per heavy atom. The molecule has 0 spiro atoms. The van der Waals surface area contributed by atoms with Crippen molar-refractivity contribution in [2.24, 2.45) is 0 Å². The predicted molar refractivity (Wildman–Crippen MR) is 192 cm³/mol. The van der Waals surface area contributed by atoms with E-state index in [0.29, 0.717) is 47.0 Å². The molecule has 2 amide bonds. The normalized spacial score (nSPS) is 13.2. The van der Waals surface area contributed by atoms with Gasteiger partial charge in [0.1, 0.15) is 0 Å². The summed E-state index contributed by atoms with van der Waals surface area (Å²) < 4.78 is 5.53. The van der Waals surface area contributed by atoms with Crippen LogP contribution >= 0.6 is 0 Å². The van der Waals surface area contributed by atoms with E-state index >= 15 is 0 Å². The molecule has 9 nitrogen and oxygen atoms in total. The van der Waals surface area contributed by atoms with Crippen molar-refractivity contribution in [1.82, 2.24) is 9.80 Å². The second-order valence-corrected chi connectivity index (χ2v) is 11.6. The molecule has 4 aromatic rings. The van der Waals surface area contributed by atoms with Gasteiger partial charge in [0.05, 0.1) is 36.0 Å². The highest BCUT2D eigenvalue weighted by Gasteiger charge is 2.17. The summed E-state index contributed by atoms with van der Waals surface area (Å²) >= 11 is 0. The van der Waals surface area contributed by atoms with Gasteiger partial charge < -0.3 is 26.8 Å². The zero-order valence-electron chi connectivity index (χ0n) is 26.6. The van der Waals surface area contributed by atoms with Gasteiger partial charge in [0.2, 0.25) is 0 Å². The van der Waals surface area contributed by atoms with Crippen molar-refractivity contribution >= 4 is 45.7 Å². The number of nitrogen functional groups attached to an aromatic ring is 2. The predicted octanol–water partition coefficient (Wildman–Crippen LogP) is 5.72. The number of rotatable bonds is 13. The van der Waals surface area contributed by atoms with E-state index in [0.717, 1.165) is 61.7 Å². The number of anilines is 4. The lowest BCUT2D eigenvalue weighted by molar-refractivity contribution is 0.0345. The third-order valence-electron chi connectivity index (χ3n) is 8.19. The van der Waals surface area contributed by atoms with Crippen LogP contribution in [0.15, 0.2) is 110 Å². The molecule has 0 unspecified atom stereocenters. The second kappa shape index (κ2) is 15.9. The molecule has 47 heavy (non-hydrogen) atoms. The Labute approximate surface area is 276 Å². The number of hydrogen-bond donors (Lipinski definition) is 4. The van der Waals surface area contributed by atoms with Crippen LogP contribution in [0, 0.1) is 0 Å². The number of para-hydroxylation sites is 4. The Morgan fingerprint density at radius 3 is 1.49 bits per heavy atom. The summed E-state index contributed by atoms with van der Waals surface area (Å²) in [5.41, 5.74) is 19.0. The van der Waals surface area contributed by atoms with Gasteiger partial charge in [-0.3, -0.25) is 19.4 Å². The Morgan fingerprint density at radius 2 is 1.06 bits per heavy atom. The Kier molecular flexibility index (Phi) is 11.2. The van der Waals surface area contributed by atoms with E-state index < -0.39 is 0 Å². The summed E-state index contributed by atoms with van der Waals surface area (Å²) in [6.07, 6.45) is 0. The molecule has 0 aromatic heterocycles. The number of ether oxygens (including phenoxy) is 1. The smallest absolute Gasteiger partial charge is 0.255 e. The standard InChI is InChI=1S/C38H42N6O3/c1-27(29-11-15-31(16-12-29)37(45)41-35-9-5-3-7-33(35)39)25-44(20-19-43-21-23-47-24-22-43)26-28(2)30-13-17-32(18-14-30)38(46)42-36-10-6-4-8-34(36)40/h3-18H,1-2,19-26,39-40H2,(H,41,45)(H,42,46). The van der Waals surface area contributed by atoms with Crippen molar-refractivity contribution in [3.63, 3.8) is 0 Å². The average Bonchev–Trinajstić information content (AvgIpc) is 3.09. The maximum absolute atomic E-state index is 12.8. The van der Waals surface area contributed by atoms with Crippen LogP contribution in [0.5, 0.6) is 0 Å². The molecule has 1 saturated heterocycles. The van der Waals surface area contributed by atoms with Crippen LogP contribution < -0.4 is 22.1 Å². The first-order valence-corrected chi connectivity index (χ1v) is 15.7. The number of nitrogens with zero attached hydrogens (tertiary/aromatic N) is 2. The first kappa shape index (κ1) is 33.2. The highest BCUT2D eigenvalue weighted by Crippen LogP contribution is 2.22. The quantitative estimate of drug-likeness (QED) is 0.139. The van der Waals surface area contributed by atoms with Crippen LogP contribution in [-0.4, -0.2) is 74.1 Å². The van der Waals surface area contributed by atoms with Crippen LogP contribution in [0.2, 0.25) is 0 Å². The van der Waals surface area contributed by atoms with Gasteiger partial charge in [0.15, 0.2) is 0 Å². The minimum atomic E-state index is -0.226. The SMILES string of the molecule is C=C(CN(CCN1CCOCC1)CC(=C)c1ccc(C(=O)Nc2ccccc2N)cc1)c1ccc(C(=O)Nc2ccccc2N)cc1. The molecule has 5 rings (SSSR count). The summed E-state index contributed by atoms with van der Waals surface area (Å²) in [5.74, 6) is -0.451. The fraction of sp³-hybridized carbons (Fsp3) is 0.211. The fourth-order valence-electron chi connectivity index (χ4n) is 5.37. The molecule has 1 aliphatic rings. The van der Waals surface area contributed by atoms with Gasteiger partial charge in [0.25, 0.3) is 11.8 Å². The molecule has 6 N–H and O–H groups in total. The fourth-order valence-corrected chi connectivity index (χ4v) is 5.37. The number of amides is 2. The molecular formula is C38H42N6O3. The van der Waals surface area contributed by atoms with Gasteiger partial charge in [-0.1, -0.05) is 61.7 Å². The van der Waals surface area contributed by atoms with Crippen molar-refractivity contribution in [3.05, 3.63) is 132 Å². The van der Waals surface area contributed by atoms with E-state index in [1.165, 1.54) is 0 Å². The molecule has 4 aromatic carbocycles. The molecule has 242 valence electrons. The van der Waals surface area contributed by atoms with E-state index in [-0.39, 0.29) is 11.8 Å². The minimum Gasteiger partial charge on any atom is -0.397 e. The molecule has 1 aliphatic heterocycles. The molecule has 0 saturated carbocycles. The number of benzene rings is 4. The number of nitrogens with two attached hydrogens (primary N) is 2. The number of carbonyl (C=O) groups is 2. The molecule has 0 atom stereocenters. The topological polar surface area (TPSA) is 126 Å². The van der Waals surface area contributed by atoms with Gasteiger partial charge >= 0.3 is 0 Å². The third kappa shape index (κ3) is 9.17. The van der Waals surface area contributed by atoms with Gasteiger partial charge in [-0.05, 0) is 70.8 Å². The lowest BCUT2D eigenvalue weighted by atomic mass is 10.0. The summed E-state index contributed by atoms with van der Waals surface area (Å²) in [6.45, 7) is 15.0. The Balaban J connectivity index is 1.22. The minimum absolute atomic E-state index is 0.226. The molecule has 9 heteroatoms. The lowest BCUT2D eigenvalue weighted by Gasteiger charge is -2.31. The monoisotopic (exact) mass is 630 g/mol. The first-order valence-electron chi connectivity index (χ1n) is 15.7. The van der Waals surface area contributed by atoms with E-state index in [1.807, 2.05) is 48.5 Å². The molecule has 0 aliphatic carbocycles. The largest absolute Gasteiger partial charge is 0.397 e. The third-order valence-corrected chi connectivity index (χ3v) is 8.19. The van der Waals surface area contributed by atoms with Crippen LogP contribution in [0.3, 0.4) is 0 Å². The van der Waals surface area contributed by atoms with Gasteiger partial charge in [-0.2, -0.15) is 0 Å². The number of carbonyl (C=O) groups excluding carboxylic acids is 2. The molecule has 1 fully saturated rings. The van der Waals surface area contributed by atoms with Crippen molar-refractivity contribution in [1.29, 1.82) is 0 Å². The van der Waals surface area contributed by atoms with Crippen molar-refractivity contribution < 1.29 is 14.3 Å². The van der Waals surface area contributed by atoms with Crippen molar-refractivity contribution in [2.75, 3.05) is 74.6 Å². The first-order chi connectivity index (χ1) is 22.8. The highest BCUT2D eigenvalue weighted by molar-refractivity contribution is 6.06. The van der Waals surface area contributed by atoms with Crippen LogP contribution in [0.1, 0.15) is 31.8 Å². The Bertz CT molecular complexity index is 1600. The van der Waals surface area contributed by atoms with Crippen LogP contribution in [0.4, 0.5) is 22.7 Å². The summed E-state index contributed by atoms with van der Waals surface area (Å²) in [4.78, 5) is 30.4. The van der Waals surface area contributed by atoms with Crippen molar-refractivity contribution in [2.45, 2.75) is 0 Å². The number of morpholine rings is 1. The van der Waals surface area contributed by atoms with Crippen molar-refractivity contribution in [3.8, 4) is 0 Å². The van der Waals surface area contributed by atoms with E-state index in [1.54, 1.807) is 48.5 Å². The highest BCUT2D eigenvalue weighted by atomic mass is 16.5. The second-order valence-electron chi connectivity index (χ2n) is 11.6.